The molecule has 7 heteroatoms. The molecule has 1 aliphatic carbocycles. The Morgan fingerprint density at radius 3 is 2.50 bits per heavy atom. The normalized spacial score (nSPS) is 14.3. The molecule has 2 N–H and O–H groups in total. The lowest BCUT2D eigenvalue weighted by Crippen LogP contribution is -2.27. The van der Waals surface area contributed by atoms with Gasteiger partial charge in [-0.2, -0.15) is 0 Å². The van der Waals surface area contributed by atoms with Gasteiger partial charge in [0.05, 0.1) is 4.90 Å². The summed E-state index contributed by atoms with van der Waals surface area (Å²) in [6.45, 7) is 0.104. The molecule has 1 aliphatic rings. The number of H-pyrrole nitrogens is 1. The summed E-state index contributed by atoms with van der Waals surface area (Å²) in [4.78, 5) is 27.1. The summed E-state index contributed by atoms with van der Waals surface area (Å²) in [6.07, 6.45) is 2.10. The average molecular weight is 396 g/mol. The fraction of sp³-hybridized carbons (Fsp3) is 0.238. The van der Waals surface area contributed by atoms with Crippen LogP contribution in [0.3, 0.4) is 0 Å². The van der Waals surface area contributed by atoms with Crippen LogP contribution >= 0.6 is 0 Å². The molecule has 6 nitrogen and oxygen atoms in total. The number of ketones is 1. The number of rotatable bonds is 7. The fourth-order valence-corrected chi connectivity index (χ4v) is 4.19. The minimum absolute atomic E-state index is 0.0763. The molecule has 0 amide bonds. The number of benzene rings is 2. The second-order valence-electron chi connectivity index (χ2n) is 7.02. The van der Waals surface area contributed by atoms with Gasteiger partial charge in [0, 0.05) is 29.1 Å². The number of hydrogen-bond acceptors (Lipinski definition) is 4. The van der Waals surface area contributed by atoms with Crippen LogP contribution in [0.2, 0.25) is 0 Å². The maximum atomic E-state index is 12.5. The summed E-state index contributed by atoms with van der Waals surface area (Å²) in [5.41, 5.74) is 1.59. The van der Waals surface area contributed by atoms with Crippen LogP contribution in [0, 0.1) is 5.92 Å². The molecule has 0 saturated heterocycles. The third kappa shape index (κ3) is 3.90. The lowest BCUT2D eigenvalue weighted by molar-refractivity contribution is 0.0967. The maximum Gasteiger partial charge on any atom is 0.251 e. The van der Waals surface area contributed by atoms with E-state index in [2.05, 4.69) is 9.71 Å². The number of hydrogen-bond donors (Lipinski definition) is 2. The van der Waals surface area contributed by atoms with Gasteiger partial charge in [-0.05, 0) is 48.9 Å². The van der Waals surface area contributed by atoms with E-state index in [-0.39, 0.29) is 35.1 Å². The van der Waals surface area contributed by atoms with Gasteiger partial charge in [-0.1, -0.05) is 30.3 Å². The molecule has 1 heterocycles. The summed E-state index contributed by atoms with van der Waals surface area (Å²) < 4.78 is 27.4. The van der Waals surface area contributed by atoms with Crippen LogP contribution in [-0.2, 0) is 16.4 Å². The number of aromatic nitrogens is 1. The largest absolute Gasteiger partial charge is 0.322 e. The lowest BCUT2D eigenvalue weighted by atomic mass is 10.1. The molecule has 3 aromatic rings. The quantitative estimate of drug-likeness (QED) is 0.600. The highest BCUT2D eigenvalue weighted by Gasteiger charge is 2.30. The third-order valence-corrected chi connectivity index (χ3v) is 6.39. The van der Waals surface area contributed by atoms with Crippen molar-refractivity contribution in [2.45, 2.75) is 24.2 Å². The molecule has 1 fully saturated rings. The number of aromatic amines is 1. The van der Waals surface area contributed by atoms with Crippen molar-refractivity contribution in [3.05, 3.63) is 76.1 Å². The van der Waals surface area contributed by atoms with Crippen molar-refractivity contribution in [2.24, 2.45) is 5.92 Å². The molecule has 2 aromatic carbocycles. The summed E-state index contributed by atoms with van der Waals surface area (Å²) in [5.74, 6) is 0.174. The van der Waals surface area contributed by atoms with E-state index in [0.717, 1.165) is 23.7 Å². The first-order chi connectivity index (χ1) is 13.4. The topological polar surface area (TPSA) is 96.1 Å². The van der Waals surface area contributed by atoms with E-state index in [1.54, 1.807) is 18.2 Å². The SMILES string of the molecule is O=C(c1ccc(S(=O)(=O)NCCc2cc3ccccc3[nH]c2=O)cc1)C1CC1. The molecular weight excluding hydrogens is 376 g/mol. The first kappa shape index (κ1) is 18.6. The van der Waals surface area contributed by atoms with Gasteiger partial charge in [0.25, 0.3) is 5.56 Å². The van der Waals surface area contributed by atoms with E-state index < -0.39 is 10.0 Å². The van der Waals surface area contributed by atoms with Crippen LogP contribution in [0.25, 0.3) is 10.9 Å². The zero-order chi connectivity index (χ0) is 19.7. The van der Waals surface area contributed by atoms with Gasteiger partial charge in [0.1, 0.15) is 0 Å². The number of carbonyl (C=O) groups excluding carboxylic acids is 1. The minimum atomic E-state index is -3.71. The number of Topliss-reactive ketones (excluding diaryl/α,β-unsaturated/α-hetero) is 1. The molecule has 0 atom stereocenters. The number of nitrogens with one attached hydrogen (secondary N) is 2. The van der Waals surface area contributed by atoms with Gasteiger partial charge in [0.15, 0.2) is 5.78 Å². The van der Waals surface area contributed by atoms with Crippen molar-refractivity contribution in [2.75, 3.05) is 6.54 Å². The Bertz CT molecular complexity index is 1190. The third-order valence-electron chi connectivity index (χ3n) is 4.91. The molecule has 28 heavy (non-hydrogen) atoms. The van der Waals surface area contributed by atoms with Crippen LogP contribution < -0.4 is 10.3 Å². The number of sulfonamides is 1. The highest BCUT2D eigenvalue weighted by molar-refractivity contribution is 7.89. The summed E-state index contributed by atoms with van der Waals surface area (Å²) >= 11 is 0. The Hall–Kier alpha value is -2.77. The Balaban J connectivity index is 1.43. The van der Waals surface area contributed by atoms with Crippen LogP contribution in [-0.4, -0.2) is 25.7 Å². The van der Waals surface area contributed by atoms with E-state index in [9.17, 15) is 18.0 Å². The Morgan fingerprint density at radius 1 is 1.07 bits per heavy atom. The van der Waals surface area contributed by atoms with Crippen LogP contribution in [0.15, 0.2) is 64.3 Å². The fourth-order valence-electron chi connectivity index (χ4n) is 3.16. The molecule has 1 saturated carbocycles. The molecule has 0 bridgehead atoms. The highest BCUT2D eigenvalue weighted by atomic mass is 32.2. The van der Waals surface area contributed by atoms with Crippen molar-refractivity contribution in [3.8, 4) is 0 Å². The summed E-state index contributed by atoms with van der Waals surface area (Å²) in [7, 11) is -3.71. The van der Waals surface area contributed by atoms with Gasteiger partial charge < -0.3 is 4.98 Å². The number of carbonyl (C=O) groups is 1. The van der Waals surface area contributed by atoms with Gasteiger partial charge in [-0.3, -0.25) is 9.59 Å². The molecule has 1 aromatic heterocycles. The lowest BCUT2D eigenvalue weighted by Gasteiger charge is -2.08. The van der Waals surface area contributed by atoms with Crippen molar-refractivity contribution in [1.82, 2.24) is 9.71 Å². The Labute approximate surface area is 162 Å². The second-order valence-corrected chi connectivity index (χ2v) is 8.79. The Morgan fingerprint density at radius 2 is 1.79 bits per heavy atom. The number of fused-ring (bicyclic) bond motifs is 1. The number of para-hydroxylation sites is 1. The molecule has 0 unspecified atom stereocenters. The van der Waals surface area contributed by atoms with Gasteiger partial charge in [-0.25, -0.2) is 13.1 Å². The van der Waals surface area contributed by atoms with Crippen molar-refractivity contribution in [1.29, 1.82) is 0 Å². The van der Waals surface area contributed by atoms with Crippen molar-refractivity contribution < 1.29 is 13.2 Å². The second kappa shape index (κ2) is 7.33. The van der Waals surface area contributed by atoms with E-state index >= 15 is 0 Å². The molecule has 0 aliphatic heterocycles. The van der Waals surface area contributed by atoms with Gasteiger partial charge >= 0.3 is 0 Å². The summed E-state index contributed by atoms with van der Waals surface area (Å²) in [5, 5.41) is 0.899. The zero-order valence-electron chi connectivity index (χ0n) is 15.1. The number of pyridine rings is 1. The minimum Gasteiger partial charge on any atom is -0.322 e. The monoisotopic (exact) mass is 396 g/mol. The van der Waals surface area contributed by atoms with E-state index in [0.29, 0.717) is 11.1 Å². The predicted octanol–water partition coefficient (Wildman–Crippen LogP) is 2.64. The highest BCUT2D eigenvalue weighted by Crippen LogP contribution is 2.32. The first-order valence-corrected chi connectivity index (χ1v) is 10.7. The molecule has 144 valence electrons. The molecular formula is C21H20N2O4S. The van der Waals surface area contributed by atoms with Gasteiger partial charge in [0.2, 0.25) is 10.0 Å². The maximum absolute atomic E-state index is 12.5. The smallest absolute Gasteiger partial charge is 0.251 e. The Kier molecular flexibility index (Phi) is 4.87. The zero-order valence-corrected chi connectivity index (χ0v) is 16.0. The van der Waals surface area contributed by atoms with Crippen molar-refractivity contribution in [3.63, 3.8) is 0 Å². The predicted molar refractivity (Wildman–Crippen MR) is 107 cm³/mol. The molecule has 0 radical (unpaired) electrons. The average Bonchev–Trinajstić information content (AvgIpc) is 3.53. The van der Waals surface area contributed by atoms with Crippen LogP contribution in [0.5, 0.6) is 0 Å². The van der Waals surface area contributed by atoms with Crippen LogP contribution in [0.4, 0.5) is 0 Å². The van der Waals surface area contributed by atoms with Crippen LogP contribution in [0.1, 0.15) is 28.8 Å². The van der Waals surface area contributed by atoms with E-state index in [1.807, 2.05) is 24.3 Å². The van der Waals surface area contributed by atoms with E-state index in [1.165, 1.54) is 12.1 Å². The molecule has 0 spiro atoms. The van der Waals surface area contributed by atoms with Crippen molar-refractivity contribution >= 4 is 26.7 Å². The summed E-state index contributed by atoms with van der Waals surface area (Å²) in [6, 6.07) is 15.2. The van der Waals surface area contributed by atoms with Gasteiger partial charge in [-0.15, -0.1) is 0 Å². The van der Waals surface area contributed by atoms with E-state index in [4.69, 9.17) is 0 Å². The standard InChI is InChI=1S/C21H20N2O4S/c24-20(14-5-6-14)15-7-9-18(10-8-15)28(26,27)22-12-11-17-13-16-3-1-2-4-19(16)23-21(17)25/h1-4,7-10,13-14,22H,5-6,11-12H2,(H,23,25). The first-order valence-electron chi connectivity index (χ1n) is 9.19. The molecule has 4 rings (SSSR count).